The van der Waals surface area contributed by atoms with Crippen LogP contribution in [0.1, 0.15) is 29.4 Å². The molecule has 0 atom stereocenters. The average molecular weight is 322 g/mol. The largest absolute Gasteiger partial charge is 0.494 e. The van der Waals surface area contributed by atoms with E-state index < -0.39 is 0 Å². The van der Waals surface area contributed by atoms with Gasteiger partial charge < -0.3 is 15.0 Å². The van der Waals surface area contributed by atoms with Crippen LogP contribution >= 0.6 is 0 Å². The minimum Gasteiger partial charge on any atom is -0.494 e. The van der Waals surface area contributed by atoms with Gasteiger partial charge in [0.15, 0.2) is 0 Å². The molecule has 4 heteroatoms. The van der Waals surface area contributed by atoms with Gasteiger partial charge >= 0.3 is 0 Å². The number of ether oxygens (including phenoxy) is 1. The molecule has 0 bridgehead atoms. The van der Waals surface area contributed by atoms with E-state index in [-0.39, 0.29) is 5.91 Å². The van der Waals surface area contributed by atoms with E-state index in [0.29, 0.717) is 18.8 Å². The summed E-state index contributed by atoms with van der Waals surface area (Å²) in [5, 5.41) is 3.98. The fourth-order valence-electron chi connectivity index (χ4n) is 2.72. The van der Waals surface area contributed by atoms with Gasteiger partial charge in [0.1, 0.15) is 11.4 Å². The third-order valence-electron chi connectivity index (χ3n) is 3.92. The predicted octanol–water partition coefficient (Wildman–Crippen LogP) is 3.93. The van der Waals surface area contributed by atoms with Crippen LogP contribution < -0.4 is 10.1 Å². The van der Waals surface area contributed by atoms with Crippen LogP contribution in [0.4, 0.5) is 0 Å². The monoisotopic (exact) mass is 322 g/mol. The molecule has 2 N–H and O–H groups in total. The lowest BCUT2D eigenvalue weighted by Crippen LogP contribution is -2.25. The molecule has 0 spiro atoms. The Bertz CT molecular complexity index is 809. The number of hydrogen-bond acceptors (Lipinski definition) is 2. The first kappa shape index (κ1) is 16.1. The highest BCUT2D eigenvalue weighted by Crippen LogP contribution is 2.21. The van der Waals surface area contributed by atoms with Gasteiger partial charge in [-0.1, -0.05) is 30.3 Å². The van der Waals surface area contributed by atoms with Crippen LogP contribution in [0.2, 0.25) is 0 Å². The Balaban J connectivity index is 1.55. The quantitative estimate of drug-likeness (QED) is 0.648. The van der Waals surface area contributed by atoms with Gasteiger partial charge in [0, 0.05) is 23.5 Å². The first-order valence-electron chi connectivity index (χ1n) is 8.34. The number of fused-ring (bicyclic) bond motifs is 1. The lowest BCUT2D eigenvalue weighted by atomic mass is 10.1. The predicted molar refractivity (Wildman–Crippen MR) is 96.6 cm³/mol. The second kappa shape index (κ2) is 7.68. The number of benzene rings is 2. The summed E-state index contributed by atoms with van der Waals surface area (Å²) in [4.78, 5) is 15.4. The van der Waals surface area contributed by atoms with Gasteiger partial charge in [0.05, 0.1) is 6.61 Å². The van der Waals surface area contributed by atoms with Gasteiger partial charge in [0.25, 0.3) is 5.91 Å². The van der Waals surface area contributed by atoms with Gasteiger partial charge in [-0.3, -0.25) is 4.79 Å². The maximum atomic E-state index is 12.3. The number of aromatic amines is 1. The SMILES string of the molecule is CCOc1ccc2cc(C(=O)NCCCc3ccccc3)[nH]c2c1. The molecule has 0 unspecified atom stereocenters. The van der Waals surface area contributed by atoms with Crippen LogP contribution in [-0.4, -0.2) is 24.0 Å². The summed E-state index contributed by atoms with van der Waals surface area (Å²) in [7, 11) is 0. The second-order valence-corrected chi connectivity index (χ2v) is 5.71. The van der Waals surface area contributed by atoms with Crippen molar-refractivity contribution >= 4 is 16.8 Å². The number of hydrogen-bond donors (Lipinski definition) is 2. The number of carbonyl (C=O) groups is 1. The van der Waals surface area contributed by atoms with Crippen molar-refractivity contribution in [2.45, 2.75) is 19.8 Å². The van der Waals surface area contributed by atoms with Gasteiger partial charge in [-0.15, -0.1) is 0 Å². The standard InChI is InChI=1S/C20H22N2O2/c1-2-24-17-11-10-16-13-19(22-18(16)14-17)20(23)21-12-6-9-15-7-4-3-5-8-15/h3-5,7-8,10-11,13-14,22H,2,6,9,12H2,1H3,(H,21,23). The molecule has 1 aromatic heterocycles. The van der Waals surface area contributed by atoms with Crippen molar-refractivity contribution in [1.29, 1.82) is 0 Å². The molecule has 0 fully saturated rings. The molecular formula is C20H22N2O2. The van der Waals surface area contributed by atoms with E-state index in [1.165, 1.54) is 5.56 Å². The topological polar surface area (TPSA) is 54.1 Å². The van der Waals surface area contributed by atoms with Crippen LogP contribution in [0.5, 0.6) is 5.75 Å². The van der Waals surface area contributed by atoms with Crippen molar-refractivity contribution in [3.05, 3.63) is 65.9 Å². The summed E-state index contributed by atoms with van der Waals surface area (Å²) in [6.45, 7) is 3.24. The summed E-state index contributed by atoms with van der Waals surface area (Å²) < 4.78 is 5.48. The summed E-state index contributed by atoms with van der Waals surface area (Å²) in [6, 6.07) is 18.0. The van der Waals surface area contributed by atoms with Crippen LogP contribution in [0.25, 0.3) is 10.9 Å². The van der Waals surface area contributed by atoms with Crippen molar-refractivity contribution in [2.24, 2.45) is 0 Å². The molecule has 0 aliphatic rings. The van der Waals surface area contributed by atoms with E-state index in [9.17, 15) is 4.79 Å². The molecule has 124 valence electrons. The molecule has 0 radical (unpaired) electrons. The molecular weight excluding hydrogens is 300 g/mol. The Hall–Kier alpha value is -2.75. The summed E-state index contributed by atoms with van der Waals surface area (Å²) in [5.74, 6) is 0.735. The van der Waals surface area contributed by atoms with Crippen molar-refractivity contribution < 1.29 is 9.53 Å². The van der Waals surface area contributed by atoms with E-state index in [4.69, 9.17) is 4.74 Å². The maximum Gasteiger partial charge on any atom is 0.267 e. The Morgan fingerprint density at radius 3 is 2.75 bits per heavy atom. The summed E-state index contributed by atoms with van der Waals surface area (Å²) in [6.07, 6.45) is 1.88. The second-order valence-electron chi connectivity index (χ2n) is 5.71. The minimum absolute atomic E-state index is 0.0720. The maximum absolute atomic E-state index is 12.3. The zero-order valence-electron chi connectivity index (χ0n) is 13.8. The summed E-state index contributed by atoms with van der Waals surface area (Å²) in [5.41, 5.74) is 2.79. The molecule has 0 saturated heterocycles. The zero-order valence-corrected chi connectivity index (χ0v) is 13.8. The third-order valence-corrected chi connectivity index (χ3v) is 3.92. The number of aryl methyl sites for hydroxylation is 1. The number of carbonyl (C=O) groups excluding carboxylic acids is 1. The molecule has 1 amide bonds. The normalized spacial score (nSPS) is 10.7. The molecule has 3 rings (SSSR count). The minimum atomic E-state index is -0.0720. The van der Waals surface area contributed by atoms with E-state index in [1.54, 1.807) is 0 Å². The molecule has 0 aliphatic heterocycles. The fourth-order valence-corrected chi connectivity index (χ4v) is 2.72. The lowest BCUT2D eigenvalue weighted by Gasteiger charge is -2.04. The van der Waals surface area contributed by atoms with Crippen molar-refractivity contribution in [1.82, 2.24) is 10.3 Å². The van der Waals surface area contributed by atoms with E-state index >= 15 is 0 Å². The third kappa shape index (κ3) is 3.96. The summed E-state index contributed by atoms with van der Waals surface area (Å²) >= 11 is 0. The van der Waals surface area contributed by atoms with E-state index in [2.05, 4.69) is 22.4 Å². The van der Waals surface area contributed by atoms with Crippen LogP contribution in [0.15, 0.2) is 54.6 Å². The molecule has 2 aromatic carbocycles. The number of H-pyrrole nitrogens is 1. The number of aromatic nitrogens is 1. The van der Waals surface area contributed by atoms with E-state index in [1.807, 2.05) is 49.4 Å². The first-order valence-corrected chi connectivity index (χ1v) is 8.34. The highest BCUT2D eigenvalue weighted by Gasteiger charge is 2.09. The highest BCUT2D eigenvalue weighted by atomic mass is 16.5. The number of amides is 1. The van der Waals surface area contributed by atoms with Gasteiger partial charge in [-0.05, 0) is 43.5 Å². The number of nitrogens with one attached hydrogen (secondary N) is 2. The molecule has 24 heavy (non-hydrogen) atoms. The fraction of sp³-hybridized carbons (Fsp3) is 0.250. The number of rotatable bonds is 7. The lowest BCUT2D eigenvalue weighted by molar-refractivity contribution is 0.0949. The van der Waals surface area contributed by atoms with Crippen molar-refractivity contribution in [3.63, 3.8) is 0 Å². The Labute approximate surface area is 141 Å². The van der Waals surface area contributed by atoms with Gasteiger partial charge in [0.2, 0.25) is 0 Å². The smallest absolute Gasteiger partial charge is 0.267 e. The van der Waals surface area contributed by atoms with Crippen molar-refractivity contribution in [2.75, 3.05) is 13.2 Å². The van der Waals surface area contributed by atoms with Gasteiger partial charge in [-0.2, -0.15) is 0 Å². The van der Waals surface area contributed by atoms with Crippen molar-refractivity contribution in [3.8, 4) is 5.75 Å². The van der Waals surface area contributed by atoms with E-state index in [0.717, 1.165) is 29.5 Å². The molecule has 3 aromatic rings. The van der Waals surface area contributed by atoms with Crippen LogP contribution in [0, 0.1) is 0 Å². The molecule has 1 heterocycles. The van der Waals surface area contributed by atoms with Gasteiger partial charge in [-0.25, -0.2) is 0 Å². The van der Waals surface area contributed by atoms with Crippen LogP contribution in [-0.2, 0) is 6.42 Å². The Morgan fingerprint density at radius 2 is 1.96 bits per heavy atom. The molecule has 0 saturated carbocycles. The Morgan fingerprint density at radius 1 is 1.12 bits per heavy atom. The highest BCUT2D eigenvalue weighted by molar-refractivity contribution is 5.98. The zero-order chi connectivity index (χ0) is 16.8. The average Bonchev–Trinajstić information content (AvgIpc) is 3.03. The molecule has 4 nitrogen and oxygen atoms in total. The molecule has 0 aliphatic carbocycles. The Kier molecular flexibility index (Phi) is 5.16. The van der Waals surface area contributed by atoms with Crippen LogP contribution in [0.3, 0.4) is 0 Å². The first-order chi connectivity index (χ1) is 11.8.